The van der Waals surface area contributed by atoms with E-state index in [1.54, 1.807) is 19.3 Å². The fraction of sp³-hybridized carbons (Fsp3) is 1.00. The van der Waals surface area contributed by atoms with Crippen LogP contribution in [0.25, 0.3) is 0 Å². The summed E-state index contributed by atoms with van der Waals surface area (Å²) < 4.78 is 83.2. The Morgan fingerprint density at radius 1 is 0.824 bits per heavy atom. The highest BCUT2D eigenvalue weighted by Gasteiger charge is 3.19. The van der Waals surface area contributed by atoms with E-state index in [4.69, 9.17) is 0 Å². The van der Waals surface area contributed by atoms with Crippen molar-refractivity contribution in [1.29, 1.82) is 0 Å². The number of halogens is 7. The van der Waals surface area contributed by atoms with Crippen LogP contribution in [0.3, 0.4) is 0 Å². The maximum atomic E-state index is 12.0. The van der Waals surface area contributed by atoms with Crippen LogP contribution in [0.5, 0.6) is 0 Å². The second-order valence-corrected chi connectivity index (χ2v) is 5.32. The first-order chi connectivity index (χ1) is 7.58. The third-order valence-electron chi connectivity index (χ3n) is 4.47. The van der Waals surface area contributed by atoms with Gasteiger partial charge in [-0.05, 0) is 31.1 Å². The molecule has 0 nitrogen and oxygen atoms in total. The molecule has 0 aromatic heterocycles. The van der Waals surface area contributed by atoms with Gasteiger partial charge in [0.25, 0.3) is 11.8 Å². The Kier molecular flexibility index (Phi) is 1.77. The fourth-order valence-electron chi connectivity index (χ4n) is 2.91. The Bertz CT molecular complexity index is 341. The molecule has 0 spiro atoms. The quantitative estimate of drug-likeness (QED) is 0.581. The van der Waals surface area contributed by atoms with E-state index in [-0.39, 0.29) is 0 Å². The summed E-state index contributed by atoms with van der Waals surface area (Å²) in [6.07, 6.45) is -0.806. The zero-order valence-corrected chi connectivity index (χ0v) is 8.50. The van der Waals surface area contributed by atoms with Gasteiger partial charge in [-0.25, -0.2) is 17.6 Å². The van der Waals surface area contributed by atoms with Crippen molar-refractivity contribution in [2.24, 2.45) is 23.2 Å². The largest absolute Gasteiger partial charge is 0.406 e. The van der Waals surface area contributed by atoms with Crippen LogP contribution >= 0.6 is 0 Å². The lowest BCUT2D eigenvalue weighted by molar-refractivity contribution is -0.249. The highest BCUT2D eigenvalue weighted by molar-refractivity contribution is 5.46. The lowest BCUT2D eigenvalue weighted by atomic mass is 10.0. The number of alkyl halides is 7. The van der Waals surface area contributed by atoms with Crippen LogP contribution < -0.4 is 0 Å². The zero-order chi connectivity index (χ0) is 12.9. The number of rotatable bonds is 0. The molecule has 0 radical (unpaired) electrons. The predicted octanol–water partition coefficient (Wildman–Crippen LogP) is 3.87. The monoisotopic (exact) mass is 262 g/mol. The van der Waals surface area contributed by atoms with Gasteiger partial charge in [0.2, 0.25) is 5.41 Å². The average Bonchev–Trinajstić information content (AvgIpc) is 2.93. The van der Waals surface area contributed by atoms with E-state index in [9.17, 15) is 30.7 Å². The molecule has 4 fully saturated rings. The summed E-state index contributed by atoms with van der Waals surface area (Å²) in [6.45, 7) is 0. The molecular weight excluding hydrogens is 253 g/mol. The molecule has 98 valence electrons. The molecule has 7 heteroatoms. The van der Waals surface area contributed by atoms with Crippen molar-refractivity contribution in [2.75, 3.05) is 0 Å². The van der Waals surface area contributed by atoms with Gasteiger partial charge in [-0.2, -0.15) is 13.2 Å². The van der Waals surface area contributed by atoms with Gasteiger partial charge in [0.05, 0.1) is 0 Å². The number of hydrogen-bond acceptors (Lipinski definition) is 0. The molecule has 0 amide bonds. The summed E-state index contributed by atoms with van der Waals surface area (Å²) in [5.74, 6) is -8.86. The molecule has 0 saturated heterocycles. The molecule has 0 bridgehead atoms. The summed E-state index contributed by atoms with van der Waals surface area (Å²) in [7, 11) is 0. The van der Waals surface area contributed by atoms with E-state index >= 15 is 0 Å². The highest BCUT2D eigenvalue weighted by Crippen LogP contribution is 2.96. The lowest BCUT2D eigenvalue weighted by Crippen LogP contribution is -2.39. The first-order valence-corrected chi connectivity index (χ1v) is 5.41. The molecule has 17 heavy (non-hydrogen) atoms. The maximum Gasteiger partial charge on any atom is 0.406 e. The Balaban J connectivity index is 0.000000147. The van der Waals surface area contributed by atoms with E-state index in [1.807, 2.05) is 0 Å². The Morgan fingerprint density at radius 2 is 1.24 bits per heavy atom. The summed E-state index contributed by atoms with van der Waals surface area (Å²) in [6, 6.07) is 0. The third kappa shape index (κ3) is 1.07. The van der Waals surface area contributed by atoms with Crippen molar-refractivity contribution in [3.8, 4) is 0 Å². The first kappa shape index (κ1) is 11.6. The average molecular weight is 262 g/mol. The Labute approximate surface area is 92.2 Å². The molecule has 2 atom stereocenters. The van der Waals surface area contributed by atoms with Gasteiger partial charge in [-0.1, -0.05) is 0 Å². The van der Waals surface area contributed by atoms with Crippen LogP contribution in [0, 0.1) is 23.2 Å². The summed E-state index contributed by atoms with van der Waals surface area (Å²) in [4.78, 5) is 0. The van der Waals surface area contributed by atoms with E-state index < -0.39 is 29.4 Å². The topological polar surface area (TPSA) is 0 Å². The highest BCUT2D eigenvalue weighted by atomic mass is 19.4. The molecule has 0 aromatic carbocycles. The van der Waals surface area contributed by atoms with Crippen LogP contribution in [0.15, 0.2) is 0 Å². The minimum Gasteiger partial charge on any atom is -0.205 e. The van der Waals surface area contributed by atoms with Crippen molar-refractivity contribution in [3.05, 3.63) is 0 Å². The Hall–Kier alpha value is -0.490. The fourth-order valence-corrected chi connectivity index (χ4v) is 2.91. The van der Waals surface area contributed by atoms with Gasteiger partial charge >= 0.3 is 6.18 Å². The molecule has 0 aliphatic heterocycles. The van der Waals surface area contributed by atoms with Gasteiger partial charge < -0.3 is 0 Å². The van der Waals surface area contributed by atoms with Crippen molar-refractivity contribution in [3.63, 3.8) is 0 Å². The second-order valence-electron chi connectivity index (χ2n) is 5.32. The molecule has 4 aliphatic rings. The standard InChI is InChI=1S/C5HF7.C5H8/c6-3(7)1-2(3,4(1,8)9)5(10,11)12;1-2-5-3-4(1)5/h1H;4-5H,1-3H2. The van der Waals surface area contributed by atoms with E-state index in [2.05, 4.69) is 0 Å². The third-order valence-corrected chi connectivity index (χ3v) is 4.47. The van der Waals surface area contributed by atoms with E-state index in [1.165, 1.54) is 11.8 Å². The summed E-state index contributed by atoms with van der Waals surface area (Å²) in [5.41, 5.74) is -4.02. The van der Waals surface area contributed by atoms with Gasteiger partial charge in [0.1, 0.15) is 5.92 Å². The number of hydrogen-bond donors (Lipinski definition) is 0. The Morgan fingerprint density at radius 3 is 1.24 bits per heavy atom. The molecule has 2 unspecified atom stereocenters. The van der Waals surface area contributed by atoms with Gasteiger partial charge in [0.15, 0.2) is 0 Å². The summed E-state index contributed by atoms with van der Waals surface area (Å²) >= 11 is 0. The predicted molar refractivity (Wildman–Crippen MR) is 42.7 cm³/mol. The normalized spacial score (nSPS) is 49.9. The van der Waals surface area contributed by atoms with Crippen LogP contribution in [0.1, 0.15) is 19.3 Å². The molecule has 4 rings (SSSR count). The molecule has 0 heterocycles. The smallest absolute Gasteiger partial charge is 0.205 e. The van der Waals surface area contributed by atoms with Gasteiger partial charge in [0, 0.05) is 0 Å². The van der Waals surface area contributed by atoms with Crippen LogP contribution in [-0.2, 0) is 0 Å². The van der Waals surface area contributed by atoms with E-state index in [0.717, 1.165) is 0 Å². The number of fused-ring (bicyclic) bond motifs is 2. The minimum atomic E-state index is -5.51. The van der Waals surface area contributed by atoms with Crippen molar-refractivity contribution < 1.29 is 30.7 Å². The van der Waals surface area contributed by atoms with Crippen LogP contribution in [0.2, 0.25) is 0 Å². The summed E-state index contributed by atoms with van der Waals surface area (Å²) in [5, 5.41) is 0. The lowest BCUT2D eigenvalue weighted by Gasteiger charge is -2.19. The molecule has 4 aliphatic carbocycles. The maximum absolute atomic E-state index is 12.0. The second kappa shape index (κ2) is 2.59. The van der Waals surface area contributed by atoms with Crippen molar-refractivity contribution in [1.82, 2.24) is 0 Å². The van der Waals surface area contributed by atoms with E-state index in [0.29, 0.717) is 0 Å². The zero-order valence-electron chi connectivity index (χ0n) is 8.50. The van der Waals surface area contributed by atoms with Crippen LogP contribution in [-0.4, -0.2) is 18.0 Å². The first-order valence-electron chi connectivity index (χ1n) is 5.41. The van der Waals surface area contributed by atoms with Crippen molar-refractivity contribution >= 4 is 0 Å². The molecular formula is C10H9F7. The van der Waals surface area contributed by atoms with Gasteiger partial charge in [-0.15, -0.1) is 0 Å². The SMILES string of the molecule is C1CC2CC12.FC(F)(F)C12C(C1(F)F)C2(F)F. The molecule has 0 N–H and O–H groups in total. The van der Waals surface area contributed by atoms with Crippen LogP contribution in [0.4, 0.5) is 30.7 Å². The van der Waals surface area contributed by atoms with Crippen molar-refractivity contribution in [2.45, 2.75) is 37.3 Å². The van der Waals surface area contributed by atoms with Gasteiger partial charge in [-0.3, -0.25) is 0 Å². The molecule has 4 saturated carbocycles. The molecule has 0 aromatic rings. The minimum absolute atomic E-state index is 1.23.